The average molecular weight is 427 g/mol. The van der Waals surface area contributed by atoms with Gasteiger partial charge < -0.3 is 14.8 Å². The third kappa shape index (κ3) is 5.96. The van der Waals surface area contributed by atoms with Gasteiger partial charge in [-0.15, -0.1) is 11.3 Å². The number of thiophene rings is 1. The SMILES string of the molecule is CC(C)NC(=O)COC(=O)COc1ccc(N(C)S(=O)(=O)c2cccs2)cc1. The molecule has 2 aromatic rings. The minimum absolute atomic E-state index is 0.0391. The summed E-state index contributed by atoms with van der Waals surface area (Å²) in [5, 5.41) is 4.30. The van der Waals surface area contributed by atoms with Crippen LogP contribution in [0, 0.1) is 0 Å². The number of amides is 1. The average Bonchev–Trinajstić information content (AvgIpc) is 3.19. The second kappa shape index (κ2) is 9.56. The number of nitrogens with one attached hydrogen (secondary N) is 1. The number of anilines is 1. The summed E-state index contributed by atoms with van der Waals surface area (Å²) >= 11 is 1.14. The highest BCUT2D eigenvalue weighted by atomic mass is 32.2. The maximum absolute atomic E-state index is 12.5. The van der Waals surface area contributed by atoms with E-state index in [0.717, 1.165) is 11.3 Å². The molecule has 0 aliphatic rings. The molecule has 0 saturated carbocycles. The van der Waals surface area contributed by atoms with E-state index in [2.05, 4.69) is 5.32 Å². The van der Waals surface area contributed by atoms with Gasteiger partial charge in [0.1, 0.15) is 9.96 Å². The van der Waals surface area contributed by atoms with Crippen LogP contribution in [-0.4, -0.2) is 46.6 Å². The molecule has 152 valence electrons. The lowest BCUT2D eigenvalue weighted by Crippen LogP contribution is -2.34. The molecule has 1 aromatic heterocycles. The number of esters is 1. The molecule has 0 fully saturated rings. The number of carbonyl (C=O) groups excluding carboxylic acids is 2. The number of sulfonamides is 1. The Morgan fingerprint density at radius 2 is 1.82 bits per heavy atom. The third-order valence-electron chi connectivity index (χ3n) is 3.48. The first-order valence-electron chi connectivity index (χ1n) is 8.40. The predicted octanol–water partition coefficient (Wildman–Crippen LogP) is 2.02. The highest BCUT2D eigenvalue weighted by Crippen LogP contribution is 2.26. The Morgan fingerprint density at radius 3 is 2.39 bits per heavy atom. The normalized spacial score (nSPS) is 11.1. The molecule has 1 aromatic carbocycles. The van der Waals surface area contributed by atoms with E-state index in [1.165, 1.54) is 11.4 Å². The van der Waals surface area contributed by atoms with Gasteiger partial charge in [0.15, 0.2) is 13.2 Å². The first-order valence-corrected chi connectivity index (χ1v) is 10.7. The Hall–Kier alpha value is -2.59. The van der Waals surface area contributed by atoms with Gasteiger partial charge in [-0.05, 0) is 49.6 Å². The lowest BCUT2D eigenvalue weighted by atomic mass is 10.3. The molecule has 0 aliphatic heterocycles. The van der Waals surface area contributed by atoms with Crippen LogP contribution in [0.4, 0.5) is 5.69 Å². The van der Waals surface area contributed by atoms with Crippen molar-refractivity contribution in [2.24, 2.45) is 0 Å². The van der Waals surface area contributed by atoms with Crippen molar-refractivity contribution in [2.45, 2.75) is 24.1 Å². The molecule has 8 nitrogen and oxygen atoms in total. The molecule has 1 amide bonds. The number of carbonyl (C=O) groups is 2. The monoisotopic (exact) mass is 426 g/mol. The van der Waals surface area contributed by atoms with Crippen molar-refractivity contribution in [2.75, 3.05) is 24.6 Å². The Bertz CT molecular complexity index is 893. The van der Waals surface area contributed by atoms with Gasteiger partial charge in [-0.25, -0.2) is 13.2 Å². The van der Waals surface area contributed by atoms with Crippen LogP contribution in [0.3, 0.4) is 0 Å². The highest BCUT2D eigenvalue weighted by Gasteiger charge is 2.22. The number of ether oxygens (including phenoxy) is 2. The number of nitrogens with zero attached hydrogens (tertiary/aromatic N) is 1. The quantitative estimate of drug-likeness (QED) is 0.616. The van der Waals surface area contributed by atoms with Crippen LogP contribution in [0.1, 0.15) is 13.8 Å². The highest BCUT2D eigenvalue weighted by molar-refractivity contribution is 7.94. The summed E-state index contributed by atoms with van der Waals surface area (Å²) in [6.07, 6.45) is 0. The lowest BCUT2D eigenvalue weighted by Gasteiger charge is -2.18. The van der Waals surface area contributed by atoms with Crippen LogP contribution >= 0.6 is 11.3 Å². The predicted molar refractivity (Wildman–Crippen MR) is 106 cm³/mol. The summed E-state index contributed by atoms with van der Waals surface area (Å²) in [4.78, 5) is 23.0. The zero-order valence-electron chi connectivity index (χ0n) is 15.7. The van der Waals surface area contributed by atoms with Crippen LogP contribution in [0.15, 0.2) is 46.0 Å². The van der Waals surface area contributed by atoms with Crippen LogP contribution in [0.5, 0.6) is 5.75 Å². The number of hydrogen-bond donors (Lipinski definition) is 1. The van der Waals surface area contributed by atoms with Gasteiger partial charge in [0.25, 0.3) is 15.9 Å². The largest absolute Gasteiger partial charge is 0.482 e. The molecule has 0 radical (unpaired) electrons. The first kappa shape index (κ1) is 21.7. The smallest absolute Gasteiger partial charge is 0.344 e. The molecule has 0 spiro atoms. The maximum atomic E-state index is 12.5. The number of hydrogen-bond acceptors (Lipinski definition) is 7. The molecule has 2 rings (SSSR count). The molecule has 28 heavy (non-hydrogen) atoms. The van der Waals surface area contributed by atoms with Gasteiger partial charge in [-0.1, -0.05) is 6.07 Å². The fourth-order valence-corrected chi connectivity index (χ4v) is 4.49. The van der Waals surface area contributed by atoms with E-state index in [1.807, 2.05) is 0 Å². The van der Waals surface area contributed by atoms with Crippen LogP contribution in [0.2, 0.25) is 0 Å². The lowest BCUT2D eigenvalue weighted by molar-refractivity contribution is -0.150. The number of rotatable bonds is 9. The van der Waals surface area contributed by atoms with E-state index in [1.54, 1.807) is 55.6 Å². The Kier molecular flexibility index (Phi) is 7.41. The molecule has 1 heterocycles. The van der Waals surface area contributed by atoms with E-state index in [4.69, 9.17) is 9.47 Å². The maximum Gasteiger partial charge on any atom is 0.344 e. The Morgan fingerprint density at radius 1 is 1.14 bits per heavy atom. The summed E-state index contributed by atoms with van der Waals surface area (Å²) in [6, 6.07) is 9.42. The summed E-state index contributed by atoms with van der Waals surface area (Å²) in [5.74, 6) is -0.697. The minimum Gasteiger partial charge on any atom is -0.482 e. The topological polar surface area (TPSA) is 102 Å². The third-order valence-corrected chi connectivity index (χ3v) is 6.64. The number of benzene rings is 1. The zero-order chi connectivity index (χ0) is 20.7. The second-order valence-electron chi connectivity index (χ2n) is 6.07. The van der Waals surface area contributed by atoms with Crippen molar-refractivity contribution in [1.29, 1.82) is 0 Å². The van der Waals surface area contributed by atoms with Crippen LogP contribution in [-0.2, 0) is 24.3 Å². The van der Waals surface area contributed by atoms with Crippen molar-refractivity contribution < 1.29 is 27.5 Å². The minimum atomic E-state index is -3.61. The van der Waals surface area contributed by atoms with Crippen LogP contribution < -0.4 is 14.4 Å². The second-order valence-corrected chi connectivity index (χ2v) is 9.21. The van der Waals surface area contributed by atoms with Gasteiger partial charge in [0, 0.05) is 13.1 Å². The van der Waals surface area contributed by atoms with Crippen molar-refractivity contribution in [3.05, 3.63) is 41.8 Å². The van der Waals surface area contributed by atoms with Crippen molar-refractivity contribution in [1.82, 2.24) is 5.32 Å². The van der Waals surface area contributed by atoms with E-state index in [0.29, 0.717) is 11.4 Å². The Balaban J connectivity index is 1.87. The van der Waals surface area contributed by atoms with Gasteiger partial charge in [0.05, 0.1) is 5.69 Å². The molecule has 0 saturated heterocycles. The van der Waals surface area contributed by atoms with Crippen molar-refractivity contribution in [3.63, 3.8) is 0 Å². The van der Waals surface area contributed by atoms with Gasteiger partial charge in [0.2, 0.25) is 0 Å². The van der Waals surface area contributed by atoms with E-state index < -0.39 is 16.0 Å². The van der Waals surface area contributed by atoms with Crippen molar-refractivity contribution in [3.8, 4) is 5.75 Å². The van der Waals surface area contributed by atoms with E-state index in [9.17, 15) is 18.0 Å². The van der Waals surface area contributed by atoms with Crippen molar-refractivity contribution >= 4 is 38.9 Å². The van der Waals surface area contributed by atoms with E-state index in [-0.39, 0.29) is 29.4 Å². The molecular formula is C18H22N2O6S2. The summed E-state index contributed by atoms with van der Waals surface area (Å²) < 4.78 is 36.5. The molecule has 0 aliphatic carbocycles. The first-order chi connectivity index (χ1) is 13.2. The van der Waals surface area contributed by atoms with E-state index >= 15 is 0 Å². The van der Waals surface area contributed by atoms with Gasteiger partial charge in [-0.2, -0.15) is 0 Å². The van der Waals surface area contributed by atoms with Gasteiger partial charge >= 0.3 is 5.97 Å². The summed E-state index contributed by atoms with van der Waals surface area (Å²) in [7, 11) is -2.15. The fraction of sp³-hybridized carbons (Fsp3) is 0.333. The van der Waals surface area contributed by atoms with Gasteiger partial charge in [-0.3, -0.25) is 9.10 Å². The fourth-order valence-electron chi connectivity index (χ4n) is 2.13. The molecule has 0 unspecified atom stereocenters. The molecule has 0 bridgehead atoms. The molecule has 10 heteroatoms. The molecular weight excluding hydrogens is 404 g/mol. The summed E-state index contributed by atoms with van der Waals surface area (Å²) in [6.45, 7) is 2.87. The molecule has 1 N–H and O–H groups in total. The van der Waals surface area contributed by atoms with Crippen LogP contribution in [0.25, 0.3) is 0 Å². The Labute approximate surface area is 168 Å². The zero-order valence-corrected chi connectivity index (χ0v) is 17.4. The summed E-state index contributed by atoms with van der Waals surface area (Å²) in [5.41, 5.74) is 0.452. The standard InChI is InChI=1S/C18H22N2O6S2/c1-13(2)19-16(21)11-26-17(22)12-25-15-8-6-14(7-9-15)20(3)28(23,24)18-5-4-10-27-18/h4-10,13H,11-12H2,1-3H3,(H,19,21). The molecule has 0 atom stereocenters.